The Kier molecular flexibility index (Phi) is 5.30. The van der Waals surface area contributed by atoms with Crippen LogP contribution in [0.1, 0.15) is 12.5 Å². The summed E-state index contributed by atoms with van der Waals surface area (Å²) in [6.45, 7) is 4.47. The van der Waals surface area contributed by atoms with Crippen molar-refractivity contribution >= 4 is 23.0 Å². The van der Waals surface area contributed by atoms with Crippen LogP contribution in [-0.2, 0) is 4.79 Å². The molecule has 0 fully saturated rings. The maximum Gasteiger partial charge on any atom is 0.274 e. The molecular weight excluding hydrogens is 294 g/mol. The zero-order valence-corrected chi connectivity index (χ0v) is 13.2. The number of nitrogens with one attached hydrogen (secondary N) is 1. The second kappa shape index (κ2) is 7.40. The fourth-order valence-electron chi connectivity index (χ4n) is 2.34. The number of rotatable bonds is 6. The minimum absolute atomic E-state index is 0.00166. The van der Waals surface area contributed by atoms with Crippen LogP contribution >= 0.6 is 0 Å². The molecule has 0 unspecified atom stereocenters. The predicted molar refractivity (Wildman–Crippen MR) is 90.8 cm³/mol. The highest BCUT2D eigenvalue weighted by Crippen LogP contribution is 2.25. The lowest BCUT2D eigenvalue weighted by atomic mass is 10.1. The van der Waals surface area contributed by atoms with Gasteiger partial charge >= 0.3 is 0 Å². The minimum atomic E-state index is -0.451. The van der Waals surface area contributed by atoms with Crippen molar-refractivity contribution in [3.8, 4) is 0 Å². The Bertz CT molecular complexity index is 701. The van der Waals surface area contributed by atoms with Crippen molar-refractivity contribution in [2.24, 2.45) is 0 Å². The fourth-order valence-corrected chi connectivity index (χ4v) is 2.34. The van der Waals surface area contributed by atoms with Gasteiger partial charge in [0.1, 0.15) is 0 Å². The lowest BCUT2D eigenvalue weighted by Crippen LogP contribution is -2.33. The fraction of sp³-hybridized carbons (Fsp3) is 0.235. The van der Waals surface area contributed by atoms with E-state index in [-0.39, 0.29) is 18.1 Å². The zero-order valence-electron chi connectivity index (χ0n) is 13.2. The third-order valence-electron chi connectivity index (χ3n) is 3.61. The summed E-state index contributed by atoms with van der Waals surface area (Å²) in [5.41, 5.74) is 1.88. The zero-order chi connectivity index (χ0) is 16.8. The molecule has 0 aliphatic heterocycles. The molecule has 0 spiro atoms. The molecule has 2 aromatic rings. The molecule has 0 aromatic heterocycles. The molecule has 0 atom stereocenters. The molecule has 0 saturated heterocycles. The van der Waals surface area contributed by atoms with E-state index < -0.39 is 4.92 Å². The normalized spacial score (nSPS) is 10.2. The van der Waals surface area contributed by atoms with E-state index in [9.17, 15) is 14.9 Å². The van der Waals surface area contributed by atoms with E-state index in [0.717, 1.165) is 5.69 Å². The third-order valence-corrected chi connectivity index (χ3v) is 3.61. The predicted octanol–water partition coefficient (Wildman–Crippen LogP) is 3.37. The SMILES string of the molecule is CCN(CC(=O)Nc1cccc([N+](=O)[O-])c1C)c1ccccc1. The van der Waals surface area contributed by atoms with E-state index in [0.29, 0.717) is 17.8 Å². The van der Waals surface area contributed by atoms with Crippen LogP contribution in [-0.4, -0.2) is 23.9 Å². The van der Waals surface area contributed by atoms with Crippen LogP contribution < -0.4 is 10.2 Å². The third kappa shape index (κ3) is 4.06. The molecule has 1 amide bonds. The summed E-state index contributed by atoms with van der Waals surface area (Å²) < 4.78 is 0. The highest BCUT2D eigenvalue weighted by atomic mass is 16.6. The van der Waals surface area contributed by atoms with E-state index >= 15 is 0 Å². The van der Waals surface area contributed by atoms with E-state index in [1.807, 2.05) is 42.2 Å². The van der Waals surface area contributed by atoms with Crippen LogP contribution in [0.4, 0.5) is 17.1 Å². The van der Waals surface area contributed by atoms with Gasteiger partial charge in [0.15, 0.2) is 0 Å². The Morgan fingerprint density at radius 1 is 1.17 bits per heavy atom. The van der Waals surface area contributed by atoms with Crippen molar-refractivity contribution < 1.29 is 9.72 Å². The number of nitrogens with zero attached hydrogens (tertiary/aromatic N) is 2. The Hall–Kier alpha value is -2.89. The van der Waals surface area contributed by atoms with Gasteiger partial charge in [0.2, 0.25) is 5.91 Å². The molecule has 23 heavy (non-hydrogen) atoms. The molecule has 0 bridgehead atoms. The summed E-state index contributed by atoms with van der Waals surface area (Å²) >= 11 is 0. The van der Waals surface area contributed by atoms with E-state index in [2.05, 4.69) is 5.32 Å². The monoisotopic (exact) mass is 313 g/mol. The molecule has 0 aliphatic rings. The van der Waals surface area contributed by atoms with Crippen LogP contribution in [0.2, 0.25) is 0 Å². The van der Waals surface area contributed by atoms with Crippen molar-refractivity contribution in [1.29, 1.82) is 0 Å². The number of para-hydroxylation sites is 1. The van der Waals surface area contributed by atoms with Gasteiger partial charge in [-0.05, 0) is 32.0 Å². The first-order valence-corrected chi connectivity index (χ1v) is 7.36. The summed E-state index contributed by atoms with van der Waals surface area (Å²) in [6.07, 6.45) is 0. The van der Waals surface area contributed by atoms with Crippen LogP contribution in [0.25, 0.3) is 0 Å². The Morgan fingerprint density at radius 3 is 2.48 bits per heavy atom. The standard InChI is InChI=1S/C17H19N3O3/c1-3-19(14-8-5-4-6-9-14)12-17(21)18-15-10-7-11-16(13(15)2)20(22)23/h4-11H,3,12H2,1-2H3,(H,18,21). The van der Waals surface area contributed by atoms with Crippen molar-refractivity contribution in [2.45, 2.75) is 13.8 Å². The number of carbonyl (C=O) groups excluding carboxylic acids is 1. The van der Waals surface area contributed by atoms with Gasteiger partial charge in [0.25, 0.3) is 5.69 Å². The quantitative estimate of drug-likeness (QED) is 0.655. The number of hydrogen-bond acceptors (Lipinski definition) is 4. The van der Waals surface area contributed by atoms with E-state index in [1.165, 1.54) is 6.07 Å². The summed E-state index contributed by atoms with van der Waals surface area (Å²) in [6, 6.07) is 14.3. The number of hydrogen-bond donors (Lipinski definition) is 1. The number of amides is 1. The molecule has 120 valence electrons. The number of nitro groups is 1. The average Bonchev–Trinajstić information content (AvgIpc) is 2.55. The summed E-state index contributed by atoms with van der Waals surface area (Å²) in [4.78, 5) is 24.7. The summed E-state index contributed by atoms with van der Waals surface area (Å²) in [5.74, 6) is -0.209. The average molecular weight is 313 g/mol. The first-order valence-electron chi connectivity index (χ1n) is 7.36. The largest absolute Gasteiger partial charge is 0.362 e. The van der Waals surface area contributed by atoms with Gasteiger partial charge in [0, 0.05) is 18.3 Å². The Morgan fingerprint density at radius 2 is 1.87 bits per heavy atom. The second-order valence-electron chi connectivity index (χ2n) is 5.10. The van der Waals surface area contributed by atoms with Crippen LogP contribution in [0.5, 0.6) is 0 Å². The molecule has 0 aliphatic carbocycles. The molecule has 0 radical (unpaired) electrons. The van der Waals surface area contributed by atoms with Crippen molar-refractivity contribution in [2.75, 3.05) is 23.3 Å². The Balaban J connectivity index is 2.10. The van der Waals surface area contributed by atoms with Gasteiger partial charge in [-0.15, -0.1) is 0 Å². The molecule has 2 rings (SSSR count). The topological polar surface area (TPSA) is 75.5 Å². The summed E-state index contributed by atoms with van der Waals surface area (Å²) in [7, 11) is 0. The smallest absolute Gasteiger partial charge is 0.274 e. The van der Waals surface area contributed by atoms with Crippen LogP contribution in [0, 0.1) is 17.0 Å². The number of benzene rings is 2. The summed E-state index contributed by atoms with van der Waals surface area (Å²) in [5, 5.41) is 13.7. The van der Waals surface area contributed by atoms with Crippen molar-refractivity contribution in [3.63, 3.8) is 0 Å². The highest BCUT2D eigenvalue weighted by Gasteiger charge is 2.16. The molecule has 2 aromatic carbocycles. The van der Waals surface area contributed by atoms with E-state index in [1.54, 1.807) is 19.1 Å². The van der Waals surface area contributed by atoms with E-state index in [4.69, 9.17) is 0 Å². The number of carbonyl (C=O) groups is 1. The number of nitro benzene ring substituents is 1. The molecule has 6 nitrogen and oxygen atoms in total. The van der Waals surface area contributed by atoms with Crippen LogP contribution in [0.3, 0.4) is 0 Å². The minimum Gasteiger partial charge on any atom is -0.362 e. The maximum atomic E-state index is 12.3. The highest BCUT2D eigenvalue weighted by molar-refractivity contribution is 5.95. The molecule has 1 N–H and O–H groups in total. The first kappa shape index (κ1) is 16.5. The lowest BCUT2D eigenvalue weighted by molar-refractivity contribution is -0.385. The number of likely N-dealkylation sites (N-methyl/N-ethyl adjacent to an activating group) is 1. The number of anilines is 2. The molecular formula is C17H19N3O3. The van der Waals surface area contributed by atoms with Gasteiger partial charge in [-0.2, -0.15) is 0 Å². The molecule has 0 saturated carbocycles. The van der Waals surface area contributed by atoms with Gasteiger partial charge in [-0.25, -0.2) is 0 Å². The Labute approximate surface area is 134 Å². The first-order chi connectivity index (χ1) is 11.0. The second-order valence-corrected chi connectivity index (χ2v) is 5.10. The molecule has 0 heterocycles. The molecule has 6 heteroatoms. The van der Waals surface area contributed by atoms with Gasteiger partial charge < -0.3 is 10.2 Å². The van der Waals surface area contributed by atoms with Crippen LogP contribution in [0.15, 0.2) is 48.5 Å². The van der Waals surface area contributed by atoms with Crippen molar-refractivity contribution in [3.05, 3.63) is 64.2 Å². The maximum absolute atomic E-state index is 12.3. The van der Waals surface area contributed by atoms with Gasteiger partial charge in [-0.1, -0.05) is 24.3 Å². The van der Waals surface area contributed by atoms with Gasteiger partial charge in [0.05, 0.1) is 22.7 Å². The van der Waals surface area contributed by atoms with Crippen molar-refractivity contribution in [1.82, 2.24) is 0 Å². The lowest BCUT2D eigenvalue weighted by Gasteiger charge is -2.22. The van der Waals surface area contributed by atoms with Gasteiger partial charge in [-0.3, -0.25) is 14.9 Å².